The quantitative estimate of drug-likeness (QED) is 0.888. The monoisotopic (exact) mass is 325 g/mol. The lowest BCUT2D eigenvalue weighted by Crippen LogP contribution is -2.48. The average Bonchev–Trinajstić information content (AvgIpc) is 2.99. The summed E-state index contributed by atoms with van der Waals surface area (Å²) in [6, 6.07) is 17.7. The highest BCUT2D eigenvalue weighted by molar-refractivity contribution is 5.80. The van der Waals surface area contributed by atoms with Crippen molar-refractivity contribution in [3.8, 4) is 5.75 Å². The van der Waals surface area contributed by atoms with E-state index in [9.17, 15) is 4.79 Å². The molecule has 1 amide bonds. The van der Waals surface area contributed by atoms with Gasteiger partial charge in [-0.2, -0.15) is 0 Å². The van der Waals surface area contributed by atoms with Gasteiger partial charge in [0.05, 0.1) is 5.60 Å². The summed E-state index contributed by atoms with van der Waals surface area (Å²) in [4.78, 5) is 12.3. The second-order valence-electron chi connectivity index (χ2n) is 6.30. The number of fused-ring (bicyclic) bond motifs is 1. The minimum atomic E-state index is -0.551. The first-order chi connectivity index (χ1) is 11.6. The number of benzene rings is 2. The molecule has 4 heteroatoms. The maximum atomic E-state index is 12.3. The molecule has 3 rings (SSSR count). The molecule has 126 valence electrons. The van der Waals surface area contributed by atoms with Crippen LogP contribution in [0.2, 0.25) is 0 Å². The van der Waals surface area contributed by atoms with Crippen LogP contribution in [0.25, 0.3) is 0 Å². The van der Waals surface area contributed by atoms with Crippen molar-refractivity contribution in [2.24, 2.45) is 0 Å². The fourth-order valence-electron chi connectivity index (χ4n) is 3.15. The predicted molar refractivity (Wildman–Crippen MR) is 93.1 cm³/mol. The van der Waals surface area contributed by atoms with Gasteiger partial charge in [0, 0.05) is 26.5 Å². The molecule has 2 aromatic carbocycles. The highest BCUT2D eigenvalue weighted by Crippen LogP contribution is 2.32. The summed E-state index contributed by atoms with van der Waals surface area (Å²) in [5.74, 6) is 0.557. The Morgan fingerprint density at radius 3 is 2.25 bits per heavy atom. The lowest BCUT2D eigenvalue weighted by molar-refractivity contribution is -0.128. The third kappa shape index (κ3) is 3.60. The topological polar surface area (TPSA) is 47.6 Å². The van der Waals surface area contributed by atoms with Crippen molar-refractivity contribution in [2.45, 2.75) is 31.5 Å². The normalized spacial score (nSPS) is 16.2. The summed E-state index contributed by atoms with van der Waals surface area (Å²) in [5, 5.41) is 2.98. The number of carbonyl (C=O) groups excluding carboxylic acids is 1. The smallest absolute Gasteiger partial charge is 0.260 e. The Labute approximate surface area is 142 Å². The second-order valence-corrected chi connectivity index (χ2v) is 6.30. The van der Waals surface area contributed by atoms with Crippen molar-refractivity contribution in [3.63, 3.8) is 0 Å². The Morgan fingerprint density at radius 1 is 1.08 bits per heavy atom. The van der Waals surface area contributed by atoms with Gasteiger partial charge in [-0.1, -0.05) is 42.5 Å². The minimum Gasteiger partial charge on any atom is -0.481 e. The van der Waals surface area contributed by atoms with Crippen LogP contribution in [0.5, 0.6) is 5.75 Å². The fraction of sp³-hybridized carbons (Fsp3) is 0.350. The van der Waals surface area contributed by atoms with E-state index in [0.717, 1.165) is 12.8 Å². The predicted octanol–water partition coefficient (Wildman–Crippen LogP) is 2.75. The molecule has 0 aromatic heterocycles. The molecule has 1 aliphatic rings. The van der Waals surface area contributed by atoms with Crippen molar-refractivity contribution in [1.29, 1.82) is 0 Å². The van der Waals surface area contributed by atoms with Gasteiger partial charge in [0.25, 0.3) is 5.91 Å². The minimum absolute atomic E-state index is 0.133. The summed E-state index contributed by atoms with van der Waals surface area (Å²) in [6.45, 7) is 2.23. The summed E-state index contributed by atoms with van der Waals surface area (Å²) in [7, 11) is 1.71. The van der Waals surface area contributed by atoms with Crippen LogP contribution >= 0.6 is 0 Å². The van der Waals surface area contributed by atoms with E-state index >= 15 is 0 Å². The van der Waals surface area contributed by atoms with E-state index in [1.807, 2.05) is 42.5 Å². The molecule has 0 radical (unpaired) electrons. The number of ether oxygens (including phenoxy) is 2. The Kier molecular flexibility index (Phi) is 4.86. The molecular formula is C20H23NO3. The van der Waals surface area contributed by atoms with E-state index in [2.05, 4.69) is 17.4 Å². The van der Waals surface area contributed by atoms with Gasteiger partial charge in [0.1, 0.15) is 5.75 Å². The Morgan fingerprint density at radius 2 is 1.67 bits per heavy atom. The molecule has 0 spiro atoms. The van der Waals surface area contributed by atoms with E-state index in [-0.39, 0.29) is 11.5 Å². The van der Waals surface area contributed by atoms with Crippen molar-refractivity contribution in [2.75, 3.05) is 13.7 Å². The van der Waals surface area contributed by atoms with Crippen LogP contribution in [-0.4, -0.2) is 31.3 Å². The summed E-state index contributed by atoms with van der Waals surface area (Å²) < 4.78 is 11.4. The van der Waals surface area contributed by atoms with E-state index < -0.39 is 6.10 Å². The average molecular weight is 325 g/mol. The second kappa shape index (κ2) is 7.05. The number of rotatable bonds is 6. The van der Waals surface area contributed by atoms with E-state index in [0.29, 0.717) is 12.3 Å². The maximum absolute atomic E-state index is 12.3. The molecule has 0 saturated carbocycles. The van der Waals surface area contributed by atoms with Gasteiger partial charge < -0.3 is 14.8 Å². The standard InChI is InChI=1S/C20H23NO3/c1-15(24-18-10-4-3-5-11-18)19(22)21-14-20(23-2)12-16-8-6-7-9-17(16)13-20/h3-11,15H,12-14H2,1-2H3,(H,21,22). The summed E-state index contributed by atoms with van der Waals surface area (Å²) >= 11 is 0. The van der Waals surface area contributed by atoms with E-state index in [1.165, 1.54) is 11.1 Å². The van der Waals surface area contributed by atoms with Crippen LogP contribution in [0.1, 0.15) is 18.1 Å². The molecule has 4 nitrogen and oxygen atoms in total. The molecule has 0 aliphatic heterocycles. The molecule has 2 aromatic rings. The van der Waals surface area contributed by atoms with Crippen molar-refractivity contribution in [3.05, 3.63) is 65.7 Å². The van der Waals surface area contributed by atoms with E-state index in [4.69, 9.17) is 9.47 Å². The van der Waals surface area contributed by atoms with Gasteiger partial charge in [0.15, 0.2) is 6.10 Å². The Balaban J connectivity index is 1.57. The molecular weight excluding hydrogens is 302 g/mol. The number of para-hydroxylation sites is 1. The van der Waals surface area contributed by atoms with Gasteiger partial charge in [-0.3, -0.25) is 4.79 Å². The molecule has 0 bridgehead atoms. The molecule has 0 fully saturated rings. The van der Waals surface area contributed by atoms with Crippen LogP contribution in [0.15, 0.2) is 54.6 Å². The SMILES string of the molecule is COC1(CNC(=O)C(C)Oc2ccccc2)Cc2ccccc2C1. The number of hydrogen-bond donors (Lipinski definition) is 1. The van der Waals surface area contributed by atoms with Crippen LogP contribution in [0.4, 0.5) is 0 Å². The van der Waals surface area contributed by atoms with Crippen molar-refractivity contribution < 1.29 is 14.3 Å². The van der Waals surface area contributed by atoms with Crippen LogP contribution in [-0.2, 0) is 22.4 Å². The third-order valence-corrected chi connectivity index (χ3v) is 4.59. The Hall–Kier alpha value is -2.33. The molecule has 1 aliphatic carbocycles. The number of carbonyl (C=O) groups is 1. The van der Waals surface area contributed by atoms with E-state index in [1.54, 1.807) is 14.0 Å². The molecule has 1 atom stereocenters. The van der Waals surface area contributed by atoms with Gasteiger partial charge in [-0.15, -0.1) is 0 Å². The molecule has 24 heavy (non-hydrogen) atoms. The van der Waals surface area contributed by atoms with Crippen molar-refractivity contribution in [1.82, 2.24) is 5.32 Å². The maximum Gasteiger partial charge on any atom is 0.260 e. The number of nitrogens with one attached hydrogen (secondary N) is 1. The lowest BCUT2D eigenvalue weighted by Gasteiger charge is -2.28. The largest absolute Gasteiger partial charge is 0.481 e. The van der Waals surface area contributed by atoms with Gasteiger partial charge >= 0.3 is 0 Å². The molecule has 1 unspecified atom stereocenters. The Bertz CT molecular complexity index is 674. The zero-order chi connectivity index (χ0) is 17.0. The lowest BCUT2D eigenvalue weighted by atomic mass is 10.00. The van der Waals surface area contributed by atoms with Gasteiger partial charge in [0.2, 0.25) is 0 Å². The highest BCUT2D eigenvalue weighted by atomic mass is 16.5. The first kappa shape index (κ1) is 16.5. The van der Waals surface area contributed by atoms with Gasteiger partial charge in [-0.05, 0) is 30.2 Å². The summed E-state index contributed by atoms with van der Waals surface area (Å²) in [6.07, 6.45) is 1.08. The first-order valence-electron chi connectivity index (χ1n) is 8.23. The van der Waals surface area contributed by atoms with Crippen molar-refractivity contribution >= 4 is 5.91 Å². The van der Waals surface area contributed by atoms with Gasteiger partial charge in [-0.25, -0.2) is 0 Å². The highest BCUT2D eigenvalue weighted by Gasteiger charge is 2.37. The van der Waals surface area contributed by atoms with Crippen LogP contribution < -0.4 is 10.1 Å². The molecule has 1 N–H and O–H groups in total. The number of hydrogen-bond acceptors (Lipinski definition) is 3. The number of amides is 1. The van der Waals surface area contributed by atoms with Crippen LogP contribution in [0.3, 0.4) is 0 Å². The number of methoxy groups -OCH3 is 1. The zero-order valence-corrected chi connectivity index (χ0v) is 14.1. The molecule has 0 saturated heterocycles. The van der Waals surface area contributed by atoms with Crippen LogP contribution in [0, 0.1) is 0 Å². The fourth-order valence-corrected chi connectivity index (χ4v) is 3.15. The zero-order valence-electron chi connectivity index (χ0n) is 14.1. The molecule has 0 heterocycles. The first-order valence-corrected chi connectivity index (χ1v) is 8.23. The third-order valence-electron chi connectivity index (χ3n) is 4.59. The summed E-state index contributed by atoms with van der Waals surface area (Å²) in [5.41, 5.74) is 2.22.